The third kappa shape index (κ3) is 7.26. The number of benzene rings is 3. The fourth-order valence-electron chi connectivity index (χ4n) is 7.16. The van der Waals surface area contributed by atoms with Gasteiger partial charge in [-0.2, -0.15) is 10.2 Å². The van der Waals surface area contributed by atoms with Crippen LogP contribution in [0.4, 0.5) is 8.78 Å². The van der Waals surface area contributed by atoms with Crippen molar-refractivity contribution in [2.75, 3.05) is 18.1 Å². The van der Waals surface area contributed by atoms with Crippen LogP contribution in [0, 0.1) is 11.6 Å². The molecule has 6 bridgehead atoms. The third-order valence-corrected chi connectivity index (χ3v) is 12.2. The van der Waals surface area contributed by atoms with Crippen LogP contribution >= 0.6 is 0 Å². The molecule has 1 aliphatic rings. The molecule has 6 aromatic rings. The second-order valence-electron chi connectivity index (χ2n) is 14.7. The Bertz CT molecular complexity index is 2490. The first-order valence-electron chi connectivity index (χ1n) is 17.8. The molecule has 7 rings (SSSR count). The molecule has 0 saturated heterocycles. The number of carbonyl (C=O) groups is 1. The number of sulfone groups is 1. The van der Waals surface area contributed by atoms with E-state index in [1.807, 2.05) is 51.1 Å². The van der Waals surface area contributed by atoms with Gasteiger partial charge in [-0.1, -0.05) is 38.1 Å². The van der Waals surface area contributed by atoms with E-state index in [2.05, 4.69) is 10.1 Å². The summed E-state index contributed by atoms with van der Waals surface area (Å²) in [5, 5.41) is 10.0. The third-order valence-electron chi connectivity index (χ3n) is 10.2. The molecule has 0 amide bonds. The zero-order valence-electron chi connectivity index (χ0n) is 30.8. The van der Waals surface area contributed by atoms with Crippen molar-refractivity contribution in [3.05, 3.63) is 113 Å². The summed E-state index contributed by atoms with van der Waals surface area (Å²) < 4.78 is 74.1. The molecule has 3 aromatic heterocycles. The van der Waals surface area contributed by atoms with E-state index >= 15 is 8.78 Å². The van der Waals surface area contributed by atoms with E-state index in [0.717, 1.165) is 11.1 Å². The fraction of sp³-hybridized carbons (Fsp3) is 0.350. The lowest BCUT2D eigenvalue weighted by molar-refractivity contribution is -0.143. The molecule has 0 radical (unpaired) electrons. The normalized spacial score (nSPS) is 18.2. The van der Waals surface area contributed by atoms with Gasteiger partial charge >= 0.3 is 5.97 Å². The highest BCUT2D eigenvalue weighted by Crippen LogP contribution is 2.40. The van der Waals surface area contributed by atoms with E-state index in [4.69, 9.17) is 19.6 Å². The molecular formula is C40H42F2N6O5S. The molecule has 1 atom stereocenters. The number of halogens is 2. The van der Waals surface area contributed by atoms with Crippen molar-refractivity contribution in [1.82, 2.24) is 29.5 Å². The Hall–Kier alpha value is -5.37. The van der Waals surface area contributed by atoms with Gasteiger partial charge in [-0.15, -0.1) is 0 Å². The first kappa shape index (κ1) is 37.0. The summed E-state index contributed by atoms with van der Waals surface area (Å²) >= 11 is 0. The second-order valence-corrected chi connectivity index (χ2v) is 16.9. The summed E-state index contributed by atoms with van der Waals surface area (Å²) in [6.07, 6.45) is 5.83. The van der Waals surface area contributed by atoms with Crippen LogP contribution in [-0.4, -0.2) is 62.0 Å². The molecule has 1 aliphatic heterocycles. The van der Waals surface area contributed by atoms with Crippen molar-refractivity contribution < 1.29 is 31.5 Å². The topological polar surface area (TPSA) is 134 Å². The average molecular weight is 757 g/mol. The summed E-state index contributed by atoms with van der Waals surface area (Å²) in [7, 11) is -2.07. The molecule has 0 spiro atoms. The molecule has 14 heteroatoms. The van der Waals surface area contributed by atoms with Crippen LogP contribution in [0.5, 0.6) is 11.5 Å². The van der Waals surface area contributed by atoms with Crippen LogP contribution in [0.15, 0.2) is 73.2 Å². The summed E-state index contributed by atoms with van der Waals surface area (Å²) in [4.78, 5) is 20.1. The van der Waals surface area contributed by atoms with Crippen LogP contribution in [0.3, 0.4) is 0 Å². The number of H-pyrrole nitrogens is 1. The number of ether oxygens (including phenoxy) is 2. The molecule has 11 nitrogen and oxygen atoms in total. The molecule has 54 heavy (non-hydrogen) atoms. The van der Waals surface area contributed by atoms with Crippen molar-refractivity contribution in [3.63, 3.8) is 0 Å². The molecule has 282 valence electrons. The van der Waals surface area contributed by atoms with Gasteiger partial charge in [0.2, 0.25) is 0 Å². The minimum absolute atomic E-state index is 0.0504. The zero-order chi connectivity index (χ0) is 38.4. The average Bonchev–Trinajstić information content (AvgIpc) is 3.89. The number of aromatic amines is 1. The van der Waals surface area contributed by atoms with Gasteiger partial charge in [-0.3, -0.25) is 9.48 Å². The van der Waals surface area contributed by atoms with Gasteiger partial charge in [0.25, 0.3) is 0 Å². The SMILES string of the molecule is CCOC(=O)CCc1cccc(C2(C)CCS(=O)(=O)CC(C)(C)c3cnn(c3)Cc3c(c(F)cc4[nH]ccc34)Oc3ccc(F)c(c3)-c3nc2nn3C)c1. The molecule has 0 aliphatic carbocycles. The minimum atomic E-state index is -3.71. The van der Waals surface area contributed by atoms with E-state index in [1.54, 1.807) is 37.2 Å². The Labute approximate surface area is 312 Å². The Balaban J connectivity index is 1.38. The minimum Gasteiger partial charge on any atom is -0.466 e. The van der Waals surface area contributed by atoms with Gasteiger partial charge in [0.05, 0.1) is 41.8 Å². The number of carbonyl (C=O) groups excluding carboxylic acids is 1. The smallest absolute Gasteiger partial charge is 0.306 e. The van der Waals surface area contributed by atoms with E-state index in [0.29, 0.717) is 28.5 Å². The van der Waals surface area contributed by atoms with Gasteiger partial charge in [-0.05, 0) is 67.6 Å². The van der Waals surface area contributed by atoms with Gasteiger partial charge < -0.3 is 14.5 Å². The number of fused-ring (bicyclic) bond motifs is 10. The maximum Gasteiger partial charge on any atom is 0.306 e. The lowest BCUT2D eigenvalue weighted by Crippen LogP contribution is -2.33. The van der Waals surface area contributed by atoms with Gasteiger partial charge in [0, 0.05) is 53.8 Å². The lowest BCUT2D eigenvalue weighted by atomic mass is 9.78. The van der Waals surface area contributed by atoms with Crippen LogP contribution in [0.1, 0.15) is 68.6 Å². The van der Waals surface area contributed by atoms with E-state index in [-0.39, 0.29) is 72.2 Å². The highest BCUT2D eigenvalue weighted by atomic mass is 32.2. The monoisotopic (exact) mass is 756 g/mol. The maximum atomic E-state index is 15.9. The standard InChI is InChI=1S/C40H42F2N6O5S/c1-6-52-35(49)13-10-25-8-7-9-26(18-25)40(4)15-17-54(50,51)24-39(2,3)27-21-44-48(22-27)23-31-29-14-16-43-34(29)20-33(42)36(31)53-28-11-12-32(41)30(19-28)37-45-38(40)46-47(37)5/h7-9,11-12,14,16,18-22,43H,6,10,13,15,17,23-24H2,1-5H3. The largest absolute Gasteiger partial charge is 0.466 e. The number of aromatic nitrogens is 6. The Morgan fingerprint density at radius 3 is 2.67 bits per heavy atom. The number of nitrogens with zero attached hydrogens (tertiary/aromatic N) is 5. The first-order chi connectivity index (χ1) is 25.7. The molecule has 0 saturated carbocycles. The summed E-state index contributed by atoms with van der Waals surface area (Å²) in [6, 6.07) is 14.8. The van der Waals surface area contributed by atoms with E-state index < -0.39 is 32.3 Å². The van der Waals surface area contributed by atoms with E-state index in [9.17, 15) is 13.2 Å². The molecule has 0 fully saturated rings. The number of rotatable bonds is 5. The Morgan fingerprint density at radius 1 is 1.06 bits per heavy atom. The summed E-state index contributed by atoms with van der Waals surface area (Å²) in [5.74, 6) is -1.33. The van der Waals surface area contributed by atoms with Crippen LogP contribution in [0.2, 0.25) is 0 Å². The van der Waals surface area contributed by atoms with Gasteiger partial charge in [-0.25, -0.2) is 26.9 Å². The Kier molecular flexibility index (Phi) is 9.67. The van der Waals surface area contributed by atoms with Crippen molar-refractivity contribution in [3.8, 4) is 22.9 Å². The molecule has 1 N–H and O–H groups in total. The highest BCUT2D eigenvalue weighted by Gasteiger charge is 2.38. The molecule has 4 heterocycles. The van der Waals surface area contributed by atoms with Crippen molar-refractivity contribution in [1.29, 1.82) is 0 Å². The van der Waals surface area contributed by atoms with Crippen molar-refractivity contribution >= 4 is 26.7 Å². The first-order valence-corrected chi connectivity index (χ1v) is 19.6. The number of aryl methyl sites for hydroxylation is 2. The maximum absolute atomic E-state index is 15.9. The van der Waals surface area contributed by atoms with Crippen molar-refractivity contribution in [2.45, 2.75) is 64.3 Å². The van der Waals surface area contributed by atoms with Gasteiger partial charge in [0.1, 0.15) is 11.6 Å². The van der Waals surface area contributed by atoms with Gasteiger partial charge in [0.15, 0.2) is 33.1 Å². The van der Waals surface area contributed by atoms with Crippen LogP contribution < -0.4 is 4.74 Å². The quantitative estimate of drug-likeness (QED) is 0.183. The van der Waals surface area contributed by atoms with E-state index in [1.165, 1.54) is 28.9 Å². The second kappa shape index (κ2) is 14.1. The predicted octanol–water partition coefficient (Wildman–Crippen LogP) is 7.18. The Morgan fingerprint density at radius 2 is 1.87 bits per heavy atom. The summed E-state index contributed by atoms with van der Waals surface area (Å²) in [5.41, 5.74) is 1.52. The predicted molar refractivity (Wildman–Crippen MR) is 200 cm³/mol. The molecular weight excluding hydrogens is 715 g/mol. The zero-order valence-corrected chi connectivity index (χ0v) is 31.6. The number of nitrogens with one attached hydrogen (secondary N) is 1. The van der Waals surface area contributed by atoms with Crippen LogP contribution in [-0.2, 0) is 50.2 Å². The van der Waals surface area contributed by atoms with Crippen LogP contribution in [0.25, 0.3) is 22.3 Å². The lowest BCUT2D eigenvalue weighted by Gasteiger charge is -2.29. The molecule has 1 unspecified atom stereocenters. The fourth-order valence-corrected chi connectivity index (χ4v) is 9.29. The number of hydrogen-bond donors (Lipinski definition) is 1. The number of esters is 1. The number of hydrogen-bond acceptors (Lipinski definition) is 8. The summed E-state index contributed by atoms with van der Waals surface area (Å²) in [6.45, 7) is 7.74. The highest BCUT2D eigenvalue weighted by molar-refractivity contribution is 7.91. The van der Waals surface area contributed by atoms with Crippen molar-refractivity contribution in [2.24, 2.45) is 7.05 Å². The molecule has 3 aromatic carbocycles.